The van der Waals surface area contributed by atoms with Crippen molar-refractivity contribution in [3.8, 4) is 17.3 Å². The minimum Gasteiger partial charge on any atom is -0.461 e. The van der Waals surface area contributed by atoms with Crippen LogP contribution in [0.4, 0.5) is 0 Å². The van der Waals surface area contributed by atoms with Crippen molar-refractivity contribution >= 4 is 17.7 Å². The number of nitrogens with zero attached hydrogens (tertiary/aromatic N) is 4. The molecule has 0 saturated carbocycles. The van der Waals surface area contributed by atoms with Crippen LogP contribution in [-0.4, -0.2) is 63.4 Å². The average Bonchev–Trinajstić information content (AvgIpc) is 3.58. The molecule has 2 aromatic heterocycles. The third-order valence-corrected chi connectivity index (χ3v) is 7.11. The number of furan rings is 1. The Morgan fingerprint density at radius 3 is 2.67 bits per heavy atom. The Kier molecular flexibility index (Phi) is 6.52. The van der Waals surface area contributed by atoms with Crippen molar-refractivity contribution in [2.24, 2.45) is 0 Å². The molecule has 0 bridgehead atoms. The molecule has 9 heteroatoms. The quantitative estimate of drug-likeness (QED) is 0.382. The summed E-state index contributed by atoms with van der Waals surface area (Å²) in [7, 11) is 0. The van der Waals surface area contributed by atoms with E-state index in [1.165, 1.54) is 0 Å². The number of benzene rings is 1. The summed E-state index contributed by atoms with van der Waals surface area (Å²) >= 11 is 1.61. The van der Waals surface area contributed by atoms with Crippen LogP contribution >= 0.6 is 11.8 Å². The number of amides is 1. The summed E-state index contributed by atoms with van der Waals surface area (Å²) < 4.78 is 19.1. The minimum absolute atomic E-state index is 0.194. The fourth-order valence-corrected chi connectivity index (χ4v) is 5.25. The Hall–Kier alpha value is -2.62. The summed E-state index contributed by atoms with van der Waals surface area (Å²) in [5, 5.41) is 9.59. The molecule has 0 atom stereocenters. The number of carbonyl (C=O) groups is 1. The Morgan fingerprint density at radius 2 is 1.94 bits per heavy atom. The fraction of sp³-hybridized carbons (Fsp3) is 0.458. The maximum absolute atomic E-state index is 12.7. The molecule has 4 heterocycles. The third-order valence-electron chi connectivity index (χ3n) is 6.09. The van der Waals surface area contributed by atoms with Crippen molar-refractivity contribution in [1.29, 1.82) is 0 Å². The summed E-state index contributed by atoms with van der Waals surface area (Å²) in [6.45, 7) is 4.76. The SMILES string of the molecule is Cc1cccc(-n2c(SCCCC(=O)N3CCC4(CC3)OCCO4)nnc2-c2ccco2)c1. The van der Waals surface area contributed by atoms with Gasteiger partial charge < -0.3 is 18.8 Å². The number of carbonyl (C=O) groups excluding carboxylic acids is 1. The predicted molar refractivity (Wildman–Crippen MR) is 124 cm³/mol. The highest BCUT2D eigenvalue weighted by molar-refractivity contribution is 7.99. The van der Waals surface area contributed by atoms with Crippen molar-refractivity contribution in [3.63, 3.8) is 0 Å². The van der Waals surface area contributed by atoms with E-state index in [2.05, 4.69) is 29.3 Å². The zero-order valence-electron chi connectivity index (χ0n) is 18.7. The largest absolute Gasteiger partial charge is 0.461 e. The van der Waals surface area contributed by atoms with Crippen LogP contribution in [0.25, 0.3) is 17.3 Å². The van der Waals surface area contributed by atoms with Gasteiger partial charge in [0.15, 0.2) is 16.7 Å². The first-order chi connectivity index (χ1) is 16.1. The van der Waals surface area contributed by atoms with Crippen LogP contribution < -0.4 is 0 Å². The molecule has 2 saturated heterocycles. The van der Waals surface area contributed by atoms with Crippen LogP contribution in [0.2, 0.25) is 0 Å². The van der Waals surface area contributed by atoms with Crippen LogP contribution in [0.15, 0.2) is 52.2 Å². The Labute approximate surface area is 197 Å². The van der Waals surface area contributed by atoms with Crippen LogP contribution in [0, 0.1) is 6.92 Å². The van der Waals surface area contributed by atoms with Crippen molar-refractivity contribution in [3.05, 3.63) is 48.2 Å². The van der Waals surface area contributed by atoms with E-state index in [1.54, 1.807) is 18.0 Å². The lowest BCUT2D eigenvalue weighted by Crippen LogP contribution is -2.47. The van der Waals surface area contributed by atoms with Gasteiger partial charge in [0, 0.05) is 38.1 Å². The molecule has 174 valence electrons. The van der Waals surface area contributed by atoms with Gasteiger partial charge in [-0.2, -0.15) is 0 Å². The van der Waals surface area contributed by atoms with Crippen molar-refractivity contribution in [2.75, 3.05) is 32.1 Å². The number of rotatable bonds is 7. The lowest BCUT2D eigenvalue weighted by molar-refractivity contribution is -0.187. The maximum atomic E-state index is 12.7. The van der Waals surface area contributed by atoms with Crippen LogP contribution in [-0.2, 0) is 14.3 Å². The molecule has 0 unspecified atom stereocenters. The molecule has 5 rings (SSSR count). The zero-order chi connectivity index (χ0) is 22.7. The molecule has 2 fully saturated rings. The Morgan fingerprint density at radius 1 is 1.12 bits per heavy atom. The van der Waals surface area contributed by atoms with Gasteiger partial charge >= 0.3 is 0 Å². The second kappa shape index (κ2) is 9.70. The second-order valence-electron chi connectivity index (χ2n) is 8.40. The van der Waals surface area contributed by atoms with Gasteiger partial charge in [0.2, 0.25) is 11.7 Å². The van der Waals surface area contributed by atoms with Gasteiger partial charge in [0.25, 0.3) is 0 Å². The van der Waals surface area contributed by atoms with Crippen molar-refractivity contribution in [2.45, 2.75) is 43.6 Å². The van der Waals surface area contributed by atoms with Gasteiger partial charge in [-0.05, 0) is 43.2 Å². The standard InChI is InChI=1S/C24H28N4O4S/c1-18-5-2-6-19(17-18)28-22(20-7-3-13-30-20)25-26-23(28)33-16-4-8-21(29)27-11-9-24(10-12-27)31-14-15-32-24/h2-3,5-7,13,17H,4,8-12,14-16H2,1H3. The topological polar surface area (TPSA) is 82.6 Å². The summed E-state index contributed by atoms with van der Waals surface area (Å²) in [5.41, 5.74) is 2.15. The molecule has 3 aromatic rings. The van der Waals surface area contributed by atoms with E-state index >= 15 is 0 Å². The number of hydrogen-bond donors (Lipinski definition) is 0. The van der Waals surface area contributed by atoms with E-state index in [1.807, 2.05) is 33.7 Å². The van der Waals surface area contributed by atoms with Crippen molar-refractivity contribution in [1.82, 2.24) is 19.7 Å². The molecule has 2 aliphatic rings. The number of aromatic nitrogens is 3. The normalized spacial score (nSPS) is 17.7. The number of piperidine rings is 1. The van der Waals surface area contributed by atoms with Crippen LogP contribution in [0.3, 0.4) is 0 Å². The molecular weight excluding hydrogens is 440 g/mol. The van der Waals surface area contributed by atoms with E-state index in [0.717, 1.165) is 41.4 Å². The molecule has 0 radical (unpaired) electrons. The summed E-state index contributed by atoms with van der Waals surface area (Å²) in [4.78, 5) is 14.6. The van der Waals surface area contributed by atoms with Gasteiger partial charge in [-0.3, -0.25) is 9.36 Å². The summed E-state index contributed by atoms with van der Waals surface area (Å²) in [6.07, 6.45) is 4.43. The molecule has 1 spiro atoms. The second-order valence-corrected chi connectivity index (χ2v) is 9.46. The molecule has 1 amide bonds. The summed E-state index contributed by atoms with van der Waals surface area (Å²) in [6, 6.07) is 12.0. The van der Waals surface area contributed by atoms with Crippen LogP contribution in [0.1, 0.15) is 31.2 Å². The average molecular weight is 469 g/mol. The molecule has 8 nitrogen and oxygen atoms in total. The van der Waals surface area contributed by atoms with Crippen molar-refractivity contribution < 1.29 is 18.7 Å². The van der Waals surface area contributed by atoms with E-state index < -0.39 is 5.79 Å². The maximum Gasteiger partial charge on any atom is 0.222 e. The summed E-state index contributed by atoms with van der Waals surface area (Å²) in [5.74, 6) is 1.86. The van der Waals surface area contributed by atoms with Gasteiger partial charge in [-0.1, -0.05) is 23.9 Å². The van der Waals surface area contributed by atoms with E-state index in [-0.39, 0.29) is 5.91 Å². The Bertz CT molecular complexity index is 1080. The minimum atomic E-state index is -0.446. The van der Waals surface area contributed by atoms with Crippen LogP contribution in [0.5, 0.6) is 0 Å². The van der Waals surface area contributed by atoms with Gasteiger partial charge in [-0.25, -0.2) is 0 Å². The number of ether oxygens (including phenoxy) is 2. The van der Waals surface area contributed by atoms with E-state index in [9.17, 15) is 4.79 Å². The first-order valence-electron chi connectivity index (χ1n) is 11.4. The lowest BCUT2D eigenvalue weighted by atomic mass is 10.0. The van der Waals surface area contributed by atoms with Gasteiger partial charge in [0.05, 0.1) is 25.2 Å². The first-order valence-corrected chi connectivity index (χ1v) is 12.4. The first kappa shape index (κ1) is 22.2. The van der Waals surface area contributed by atoms with Gasteiger partial charge in [-0.15, -0.1) is 10.2 Å². The number of thioether (sulfide) groups is 1. The zero-order valence-corrected chi connectivity index (χ0v) is 19.6. The fourth-order valence-electron chi connectivity index (χ4n) is 4.36. The monoisotopic (exact) mass is 468 g/mol. The highest BCUT2D eigenvalue weighted by Crippen LogP contribution is 2.32. The molecule has 0 N–H and O–H groups in total. The molecule has 2 aliphatic heterocycles. The number of aryl methyl sites for hydroxylation is 1. The van der Waals surface area contributed by atoms with Gasteiger partial charge in [0.1, 0.15) is 0 Å². The number of hydrogen-bond acceptors (Lipinski definition) is 7. The van der Waals surface area contributed by atoms with E-state index in [0.29, 0.717) is 44.3 Å². The predicted octanol–water partition coefficient (Wildman–Crippen LogP) is 4.07. The molecular formula is C24H28N4O4S. The van der Waals surface area contributed by atoms with E-state index in [4.69, 9.17) is 13.9 Å². The molecule has 0 aliphatic carbocycles. The molecule has 1 aromatic carbocycles. The lowest BCUT2D eigenvalue weighted by Gasteiger charge is -2.37. The highest BCUT2D eigenvalue weighted by Gasteiger charge is 2.40. The highest BCUT2D eigenvalue weighted by atomic mass is 32.2. The third kappa shape index (κ3) is 4.85. The molecule has 33 heavy (non-hydrogen) atoms. The Balaban J connectivity index is 1.19. The smallest absolute Gasteiger partial charge is 0.222 e. The number of likely N-dealkylation sites (tertiary alicyclic amines) is 1.